The van der Waals surface area contributed by atoms with Crippen LogP contribution < -0.4 is 4.74 Å². The van der Waals surface area contributed by atoms with Crippen molar-refractivity contribution in [2.45, 2.75) is 32.7 Å². The van der Waals surface area contributed by atoms with Crippen molar-refractivity contribution < 1.29 is 19.1 Å². The molecule has 0 fully saturated rings. The number of carbonyl (C=O) groups excluding carboxylic acids is 2. The average Bonchev–Trinajstić information content (AvgIpc) is 3.18. The van der Waals surface area contributed by atoms with Crippen molar-refractivity contribution >= 4 is 11.8 Å². The lowest BCUT2D eigenvalue weighted by Crippen LogP contribution is -2.44. The van der Waals surface area contributed by atoms with E-state index < -0.39 is 0 Å². The summed E-state index contributed by atoms with van der Waals surface area (Å²) in [6.45, 7) is 4.12. The number of hydrogen-bond donors (Lipinski definition) is 0. The summed E-state index contributed by atoms with van der Waals surface area (Å²) in [4.78, 5) is 29.6. The Morgan fingerprint density at radius 2 is 1.74 bits per heavy atom. The Morgan fingerprint density at radius 3 is 2.32 bits per heavy atom. The quantitative estimate of drug-likeness (QED) is 0.491. The van der Waals surface area contributed by atoms with E-state index in [0.717, 1.165) is 29.8 Å². The van der Waals surface area contributed by atoms with Gasteiger partial charge in [-0.25, -0.2) is 0 Å². The minimum atomic E-state index is -0.0927. The van der Waals surface area contributed by atoms with Crippen molar-refractivity contribution in [1.82, 2.24) is 14.4 Å². The molecule has 0 N–H and O–H groups in total. The number of methoxy groups -OCH3 is 2. The predicted molar refractivity (Wildman–Crippen MR) is 121 cm³/mol. The topological polar surface area (TPSA) is 64.0 Å². The Balaban J connectivity index is 2.08. The van der Waals surface area contributed by atoms with Gasteiger partial charge in [-0.3, -0.25) is 9.59 Å². The van der Waals surface area contributed by atoms with E-state index in [9.17, 15) is 9.59 Å². The lowest BCUT2D eigenvalue weighted by atomic mass is 10.1. The van der Waals surface area contributed by atoms with Gasteiger partial charge in [0.1, 0.15) is 5.75 Å². The molecule has 0 unspecified atom stereocenters. The first kappa shape index (κ1) is 24.5. The van der Waals surface area contributed by atoms with Crippen molar-refractivity contribution in [3.8, 4) is 5.75 Å². The van der Waals surface area contributed by atoms with Gasteiger partial charge in [-0.05, 0) is 36.2 Å². The molecule has 0 spiro atoms. The SMILES string of the molecule is CCCCN(Cc1cccn1C)C(=O)CN(CCOC)C(=O)Cc1ccc(OC)cc1. The number of hydrogen-bond acceptors (Lipinski definition) is 4. The molecule has 1 heterocycles. The number of benzene rings is 1. The molecule has 31 heavy (non-hydrogen) atoms. The molecule has 0 saturated carbocycles. The third-order valence-electron chi connectivity index (χ3n) is 5.30. The Hall–Kier alpha value is -2.80. The largest absolute Gasteiger partial charge is 0.497 e. The van der Waals surface area contributed by atoms with Crippen molar-refractivity contribution in [3.05, 3.63) is 53.9 Å². The van der Waals surface area contributed by atoms with Crippen LogP contribution in [0.2, 0.25) is 0 Å². The molecule has 7 nitrogen and oxygen atoms in total. The minimum absolute atomic E-state index is 0.0474. The molecule has 2 amide bonds. The normalized spacial score (nSPS) is 10.7. The van der Waals surface area contributed by atoms with Crippen LogP contribution in [0.3, 0.4) is 0 Å². The second-order valence-corrected chi connectivity index (χ2v) is 7.61. The van der Waals surface area contributed by atoms with Crippen LogP contribution >= 0.6 is 0 Å². The molecule has 0 atom stereocenters. The zero-order valence-corrected chi connectivity index (χ0v) is 19.2. The van der Waals surface area contributed by atoms with E-state index >= 15 is 0 Å². The molecule has 0 aliphatic rings. The summed E-state index contributed by atoms with van der Waals surface area (Å²) in [6, 6.07) is 11.4. The highest BCUT2D eigenvalue weighted by Gasteiger charge is 2.22. The fourth-order valence-electron chi connectivity index (χ4n) is 3.28. The molecule has 0 radical (unpaired) electrons. The monoisotopic (exact) mass is 429 g/mol. The molecule has 0 aliphatic carbocycles. The molecule has 1 aromatic carbocycles. The van der Waals surface area contributed by atoms with Crippen LogP contribution in [0, 0.1) is 0 Å². The van der Waals surface area contributed by atoms with E-state index in [1.165, 1.54) is 0 Å². The van der Waals surface area contributed by atoms with Gasteiger partial charge in [-0.1, -0.05) is 25.5 Å². The predicted octanol–water partition coefficient (Wildman–Crippen LogP) is 2.88. The molecule has 0 aliphatic heterocycles. The highest BCUT2D eigenvalue weighted by atomic mass is 16.5. The van der Waals surface area contributed by atoms with Gasteiger partial charge < -0.3 is 23.8 Å². The first-order valence-corrected chi connectivity index (χ1v) is 10.8. The summed E-state index contributed by atoms with van der Waals surface area (Å²) in [7, 11) is 5.18. The number of aryl methyl sites for hydroxylation is 1. The Kier molecular flexibility index (Phi) is 10.1. The summed E-state index contributed by atoms with van der Waals surface area (Å²) in [6.07, 6.45) is 4.13. The van der Waals surface area contributed by atoms with E-state index in [-0.39, 0.29) is 24.8 Å². The Labute approximate surface area is 185 Å². The van der Waals surface area contributed by atoms with Gasteiger partial charge in [0.2, 0.25) is 11.8 Å². The zero-order chi connectivity index (χ0) is 22.6. The van der Waals surface area contributed by atoms with E-state index in [1.807, 2.05) is 59.1 Å². The lowest BCUT2D eigenvalue weighted by Gasteiger charge is -2.28. The fraction of sp³-hybridized carbons (Fsp3) is 0.500. The second-order valence-electron chi connectivity index (χ2n) is 7.61. The minimum Gasteiger partial charge on any atom is -0.497 e. The highest BCUT2D eigenvalue weighted by Crippen LogP contribution is 2.13. The van der Waals surface area contributed by atoms with E-state index in [4.69, 9.17) is 9.47 Å². The first-order chi connectivity index (χ1) is 15.0. The lowest BCUT2D eigenvalue weighted by molar-refractivity contribution is -0.141. The first-order valence-electron chi connectivity index (χ1n) is 10.8. The third kappa shape index (κ3) is 7.75. The van der Waals surface area contributed by atoms with Gasteiger partial charge in [0, 0.05) is 39.1 Å². The van der Waals surface area contributed by atoms with E-state index in [0.29, 0.717) is 26.2 Å². The van der Waals surface area contributed by atoms with Gasteiger partial charge in [-0.2, -0.15) is 0 Å². The summed E-state index contributed by atoms with van der Waals surface area (Å²) >= 11 is 0. The van der Waals surface area contributed by atoms with Gasteiger partial charge >= 0.3 is 0 Å². The zero-order valence-electron chi connectivity index (χ0n) is 19.2. The van der Waals surface area contributed by atoms with Crippen LogP contribution in [0.5, 0.6) is 5.75 Å². The van der Waals surface area contributed by atoms with Crippen molar-refractivity contribution in [2.75, 3.05) is 40.5 Å². The number of amides is 2. The summed E-state index contributed by atoms with van der Waals surface area (Å²) in [5.74, 6) is 0.605. The number of nitrogens with zero attached hydrogens (tertiary/aromatic N) is 3. The van der Waals surface area contributed by atoms with Crippen LogP contribution in [-0.4, -0.2) is 66.6 Å². The number of unbranched alkanes of at least 4 members (excludes halogenated alkanes) is 1. The van der Waals surface area contributed by atoms with Crippen LogP contribution in [0.1, 0.15) is 31.0 Å². The Bertz CT molecular complexity index is 816. The standard InChI is InChI=1S/C24H35N3O4/c1-5-6-14-26(18-21-8-7-13-25(21)2)24(29)19-27(15-16-30-3)23(28)17-20-9-11-22(31-4)12-10-20/h7-13H,5-6,14-19H2,1-4H3. The molecule has 2 aromatic rings. The van der Waals surface area contributed by atoms with Crippen molar-refractivity contribution in [3.63, 3.8) is 0 Å². The smallest absolute Gasteiger partial charge is 0.242 e. The van der Waals surface area contributed by atoms with Gasteiger partial charge in [-0.15, -0.1) is 0 Å². The molecular weight excluding hydrogens is 394 g/mol. The molecule has 0 bridgehead atoms. The highest BCUT2D eigenvalue weighted by molar-refractivity contribution is 5.86. The summed E-state index contributed by atoms with van der Waals surface area (Å²) in [5.41, 5.74) is 1.95. The number of ether oxygens (including phenoxy) is 2. The van der Waals surface area contributed by atoms with Crippen LogP contribution in [0.25, 0.3) is 0 Å². The van der Waals surface area contributed by atoms with Crippen molar-refractivity contribution in [2.24, 2.45) is 7.05 Å². The number of aromatic nitrogens is 1. The molecule has 7 heteroatoms. The molecule has 2 rings (SSSR count). The van der Waals surface area contributed by atoms with Gasteiger partial charge in [0.25, 0.3) is 0 Å². The summed E-state index contributed by atoms with van der Waals surface area (Å²) in [5, 5.41) is 0. The maximum atomic E-state index is 13.2. The molecule has 1 aromatic heterocycles. The van der Waals surface area contributed by atoms with E-state index in [2.05, 4.69) is 6.92 Å². The molecule has 0 saturated heterocycles. The van der Waals surface area contributed by atoms with Crippen LogP contribution in [-0.2, 0) is 34.3 Å². The maximum absolute atomic E-state index is 13.2. The van der Waals surface area contributed by atoms with Crippen LogP contribution in [0.15, 0.2) is 42.6 Å². The second kappa shape index (κ2) is 12.8. The average molecular weight is 430 g/mol. The molecule has 170 valence electrons. The Morgan fingerprint density at radius 1 is 1.00 bits per heavy atom. The maximum Gasteiger partial charge on any atom is 0.242 e. The van der Waals surface area contributed by atoms with Gasteiger partial charge in [0.15, 0.2) is 0 Å². The number of carbonyl (C=O) groups is 2. The fourth-order valence-corrected chi connectivity index (χ4v) is 3.28. The summed E-state index contributed by atoms with van der Waals surface area (Å²) < 4.78 is 12.4. The van der Waals surface area contributed by atoms with Crippen LogP contribution in [0.4, 0.5) is 0 Å². The van der Waals surface area contributed by atoms with Crippen molar-refractivity contribution in [1.29, 1.82) is 0 Å². The molecular formula is C24H35N3O4. The third-order valence-corrected chi connectivity index (χ3v) is 5.30. The van der Waals surface area contributed by atoms with Gasteiger partial charge in [0.05, 0.1) is 33.2 Å². The van der Waals surface area contributed by atoms with E-state index in [1.54, 1.807) is 19.1 Å². The number of rotatable bonds is 13.